The van der Waals surface area contributed by atoms with Crippen LogP contribution in [0.4, 0.5) is 0 Å². The normalized spacial score (nSPS) is 11.3. The lowest BCUT2D eigenvalue weighted by Crippen LogP contribution is -2.47. The maximum atomic E-state index is 11.7. The summed E-state index contributed by atoms with van der Waals surface area (Å²) >= 11 is 0. The lowest BCUT2D eigenvalue weighted by atomic mass is 10.0. The molecule has 0 unspecified atom stereocenters. The average Bonchev–Trinajstić information content (AvgIpc) is 2.27. The molecule has 0 aliphatic rings. The summed E-state index contributed by atoms with van der Waals surface area (Å²) in [6.45, 7) is 8.61. The molecule has 0 spiro atoms. The molecular formula is C14H21NO2. The summed E-state index contributed by atoms with van der Waals surface area (Å²) in [6.07, 6.45) is 0. The number of esters is 1. The summed E-state index contributed by atoms with van der Waals surface area (Å²) in [5, 5.41) is 3.21. The molecule has 0 aromatic heterocycles. The van der Waals surface area contributed by atoms with Gasteiger partial charge in [0.15, 0.2) is 0 Å². The van der Waals surface area contributed by atoms with E-state index in [9.17, 15) is 4.79 Å². The number of carbonyl (C=O) groups excluding carboxylic acids is 1. The van der Waals surface area contributed by atoms with E-state index in [4.69, 9.17) is 4.74 Å². The van der Waals surface area contributed by atoms with Crippen molar-refractivity contribution in [2.45, 2.75) is 39.8 Å². The van der Waals surface area contributed by atoms with Gasteiger partial charge in [-0.15, -0.1) is 0 Å². The minimum Gasteiger partial charge on any atom is -0.465 e. The van der Waals surface area contributed by atoms with E-state index in [1.807, 2.05) is 32.9 Å². The number of ether oxygens (including phenoxy) is 1. The van der Waals surface area contributed by atoms with E-state index in [1.165, 1.54) is 11.1 Å². The summed E-state index contributed by atoms with van der Waals surface area (Å²) in [5.41, 5.74) is 1.74. The van der Waals surface area contributed by atoms with Crippen molar-refractivity contribution < 1.29 is 9.53 Å². The average molecular weight is 235 g/mol. The molecule has 1 aromatic carbocycles. The third-order valence-electron chi connectivity index (χ3n) is 2.60. The first-order valence-corrected chi connectivity index (χ1v) is 5.93. The monoisotopic (exact) mass is 235 g/mol. The number of hydrogen-bond donors (Lipinski definition) is 1. The fourth-order valence-electron chi connectivity index (χ4n) is 1.53. The van der Waals surface area contributed by atoms with Gasteiger partial charge in [-0.2, -0.15) is 0 Å². The first-order chi connectivity index (χ1) is 7.95. The van der Waals surface area contributed by atoms with Crippen LogP contribution < -0.4 is 5.32 Å². The van der Waals surface area contributed by atoms with E-state index in [0.29, 0.717) is 13.2 Å². The molecule has 1 aromatic rings. The molecule has 94 valence electrons. The molecule has 0 bridgehead atoms. The summed E-state index contributed by atoms with van der Waals surface area (Å²) < 4.78 is 5.02. The fraction of sp³-hybridized carbons (Fsp3) is 0.500. The molecular weight excluding hydrogens is 214 g/mol. The van der Waals surface area contributed by atoms with Gasteiger partial charge < -0.3 is 4.74 Å². The quantitative estimate of drug-likeness (QED) is 0.797. The molecule has 0 saturated carbocycles. The molecule has 0 heterocycles. The highest BCUT2D eigenvalue weighted by molar-refractivity contribution is 5.79. The third-order valence-corrected chi connectivity index (χ3v) is 2.60. The van der Waals surface area contributed by atoms with Crippen molar-refractivity contribution in [2.75, 3.05) is 6.61 Å². The summed E-state index contributed by atoms with van der Waals surface area (Å²) in [4.78, 5) is 11.7. The summed E-state index contributed by atoms with van der Waals surface area (Å²) in [6, 6.07) is 8.22. The lowest BCUT2D eigenvalue weighted by molar-refractivity contribution is -0.149. The number of benzene rings is 1. The second-order valence-corrected chi connectivity index (χ2v) is 4.69. The molecule has 0 amide bonds. The van der Waals surface area contributed by atoms with Crippen LogP contribution in [-0.2, 0) is 16.1 Å². The molecule has 3 nitrogen and oxygen atoms in total. The van der Waals surface area contributed by atoms with Gasteiger partial charge in [0.25, 0.3) is 0 Å². The van der Waals surface area contributed by atoms with Crippen molar-refractivity contribution >= 4 is 5.97 Å². The molecule has 17 heavy (non-hydrogen) atoms. The zero-order chi connectivity index (χ0) is 12.9. The highest BCUT2D eigenvalue weighted by Crippen LogP contribution is 2.09. The Hall–Kier alpha value is -1.35. The first kappa shape index (κ1) is 13.7. The maximum Gasteiger partial charge on any atom is 0.325 e. The van der Waals surface area contributed by atoms with Crippen LogP contribution in [0.25, 0.3) is 0 Å². The van der Waals surface area contributed by atoms with Gasteiger partial charge >= 0.3 is 5.97 Å². The summed E-state index contributed by atoms with van der Waals surface area (Å²) in [5.74, 6) is -0.215. The van der Waals surface area contributed by atoms with Crippen LogP contribution in [0.1, 0.15) is 31.9 Å². The molecule has 1 rings (SSSR count). The second kappa shape index (κ2) is 5.82. The lowest BCUT2D eigenvalue weighted by Gasteiger charge is -2.24. The van der Waals surface area contributed by atoms with Crippen molar-refractivity contribution in [3.8, 4) is 0 Å². The Balaban J connectivity index is 2.57. The van der Waals surface area contributed by atoms with Crippen LogP contribution in [0, 0.1) is 6.92 Å². The Kier molecular flexibility index (Phi) is 4.70. The highest BCUT2D eigenvalue weighted by atomic mass is 16.5. The van der Waals surface area contributed by atoms with Crippen molar-refractivity contribution in [3.05, 3.63) is 35.4 Å². The Morgan fingerprint density at radius 2 is 2.12 bits per heavy atom. The molecule has 0 fully saturated rings. The molecule has 3 heteroatoms. The number of aryl methyl sites for hydroxylation is 1. The van der Waals surface area contributed by atoms with Gasteiger partial charge in [-0.3, -0.25) is 10.1 Å². The van der Waals surface area contributed by atoms with Gasteiger partial charge in [0.1, 0.15) is 5.54 Å². The van der Waals surface area contributed by atoms with Crippen LogP contribution in [-0.4, -0.2) is 18.1 Å². The number of carbonyl (C=O) groups is 1. The fourth-order valence-corrected chi connectivity index (χ4v) is 1.53. The van der Waals surface area contributed by atoms with E-state index in [1.54, 1.807) is 0 Å². The number of rotatable bonds is 5. The molecule has 1 N–H and O–H groups in total. The number of hydrogen-bond acceptors (Lipinski definition) is 3. The van der Waals surface area contributed by atoms with Crippen molar-refractivity contribution in [1.82, 2.24) is 5.32 Å². The van der Waals surface area contributed by atoms with Crippen molar-refractivity contribution in [2.24, 2.45) is 0 Å². The molecule has 0 radical (unpaired) electrons. The van der Waals surface area contributed by atoms with Gasteiger partial charge in [-0.1, -0.05) is 29.8 Å². The summed E-state index contributed by atoms with van der Waals surface area (Å²) in [7, 11) is 0. The van der Waals surface area contributed by atoms with Gasteiger partial charge in [0.05, 0.1) is 6.61 Å². The third kappa shape index (κ3) is 4.19. The maximum absolute atomic E-state index is 11.7. The Morgan fingerprint density at radius 3 is 2.71 bits per heavy atom. The van der Waals surface area contributed by atoms with E-state index >= 15 is 0 Å². The van der Waals surface area contributed by atoms with E-state index in [2.05, 4.69) is 24.4 Å². The van der Waals surface area contributed by atoms with E-state index in [-0.39, 0.29) is 5.97 Å². The standard InChI is InChI=1S/C14H21NO2/c1-5-17-13(16)14(3,4)15-10-12-8-6-7-11(2)9-12/h6-9,15H,5,10H2,1-4H3. The highest BCUT2D eigenvalue weighted by Gasteiger charge is 2.28. The molecule has 0 atom stereocenters. The van der Waals surface area contributed by atoms with Gasteiger partial charge in [0, 0.05) is 6.54 Å². The SMILES string of the molecule is CCOC(=O)C(C)(C)NCc1cccc(C)c1. The Morgan fingerprint density at radius 1 is 1.41 bits per heavy atom. The van der Waals surface area contributed by atoms with Crippen LogP contribution in [0.15, 0.2) is 24.3 Å². The predicted octanol–water partition coefficient (Wildman–Crippen LogP) is 2.43. The van der Waals surface area contributed by atoms with E-state index < -0.39 is 5.54 Å². The van der Waals surface area contributed by atoms with Crippen LogP contribution in [0.5, 0.6) is 0 Å². The minimum atomic E-state index is -0.653. The van der Waals surface area contributed by atoms with E-state index in [0.717, 1.165) is 0 Å². The predicted molar refractivity (Wildman–Crippen MR) is 68.7 cm³/mol. The van der Waals surface area contributed by atoms with Crippen molar-refractivity contribution in [1.29, 1.82) is 0 Å². The zero-order valence-electron chi connectivity index (χ0n) is 11.0. The first-order valence-electron chi connectivity index (χ1n) is 5.93. The van der Waals surface area contributed by atoms with Gasteiger partial charge in [0.2, 0.25) is 0 Å². The molecule has 0 saturated heterocycles. The van der Waals surface area contributed by atoms with Crippen molar-refractivity contribution in [3.63, 3.8) is 0 Å². The van der Waals surface area contributed by atoms with Crippen LogP contribution in [0.3, 0.4) is 0 Å². The van der Waals surface area contributed by atoms with Crippen LogP contribution in [0.2, 0.25) is 0 Å². The van der Waals surface area contributed by atoms with Crippen LogP contribution >= 0.6 is 0 Å². The second-order valence-electron chi connectivity index (χ2n) is 4.69. The van der Waals surface area contributed by atoms with Gasteiger partial charge in [-0.05, 0) is 33.3 Å². The van der Waals surface area contributed by atoms with Gasteiger partial charge in [-0.25, -0.2) is 0 Å². The smallest absolute Gasteiger partial charge is 0.325 e. The Labute approximate surface area is 103 Å². The molecule has 0 aliphatic heterocycles. The topological polar surface area (TPSA) is 38.3 Å². The Bertz CT molecular complexity index is 386. The number of nitrogens with one attached hydrogen (secondary N) is 1. The minimum absolute atomic E-state index is 0.215. The zero-order valence-corrected chi connectivity index (χ0v) is 11.0. The largest absolute Gasteiger partial charge is 0.465 e. The molecule has 0 aliphatic carbocycles.